The van der Waals surface area contributed by atoms with Gasteiger partial charge in [-0.05, 0) is 37.1 Å². The predicted octanol–water partition coefficient (Wildman–Crippen LogP) is 0.957. The molecule has 1 aromatic rings. The summed E-state index contributed by atoms with van der Waals surface area (Å²) in [6.45, 7) is 1.56. The molecule has 7 heteroatoms. The zero-order valence-corrected chi connectivity index (χ0v) is 13.2. The van der Waals surface area contributed by atoms with Crippen molar-refractivity contribution in [2.24, 2.45) is 5.14 Å². The van der Waals surface area contributed by atoms with Gasteiger partial charge in [0.2, 0.25) is 10.0 Å². The van der Waals surface area contributed by atoms with Gasteiger partial charge in [-0.15, -0.1) is 0 Å². The van der Waals surface area contributed by atoms with E-state index in [1.165, 1.54) is 0 Å². The lowest BCUT2D eigenvalue weighted by Crippen LogP contribution is -2.36. The molecule has 1 atom stereocenters. The van der Waals surface area contributed by atoms with Crippen molar-refractivity contribution < 1.29 is 17.9 Å². The third kappa shape index (κ3) is 4.33. The number of benzene rings is 1. The summed E-state index contributed by atoms with van der Waals surface area (Å²) >= 11 is 0. The Labute approximate surface area is 125 Å². The van der Waals surface area contributed by atoms with Gasteiger partial charge in [-0.3, -0.25) is 4.90 Å². The number of sulfonamides is 1. The average molecular weight is 314 g/mol. The van der Waals surface area contributed by atoms with Gasteiger partial charge in [0, 0.05) is 12.6 Å². The lowest BCUT2D eigenvalue weighted by Gasteiger charge is -2.24. The van der Waals surface area contributed by atoms with E-state index in [2.05, 4.69) is 4.90 Å². The molecule has 6 nitrogen and oxygen atoms in total. The van der Waals surface area contributed by atoms with E-state index in [4.69, 9.17) is 14.6 Å². The number of primary sulfonamides is 1. The Kier molecular flexibility index (Phi) is 5.08. The summed E-state index contributed by atoms with van der Waals surface area (Å²) in [4.78, 5) is 2.16. The number of ether oxygens (including phenoxy) is 2. The number of methoxy groups -OCH3 is 2. The number of nitrogens with zero attached hydrogens (tertiary/aromatic N) is 1. The molecule has 21 heavy (non-hydrogen) atoms. The van der Waals surface area contributed by atoms with Gasteiger partial charge in [-0.25, -0.2) is 13.6 Å². The van der Waals surface area contributed by atoms with Crippen LogP contribution in [0.3, 0.4) is 0 Å². The second-order valence-electron chi connectivity index (χ2n) is 5.29. The van der Waals surface area contributed by atoms with Crippen LogP contribution in [0.2, 0.25) is 0 Å². The van der Waals surface area contributed by atoms with E-state index in [0.717, 1.165) is 24.9 Å². The van der Waals surface area contributed by atoms with Crippen molar-refractivity contribution in [2.45, 2.75) is 25.4 Å². The SMILES string of the molecule is COc1ccc(CN2CCCC2CS(N)(=O)=O)cc1OC. The normalized spacial score (nSPS) is 19.7. The van der Waals surface area contributed by atoms with Crippen molar-refractivity contribution in [3.63, 3.8) is 0 Å². The second kappa shape index (κ2) is 6.64. The fraction of sp³-hybridized carbons (Fsp3) is 0.571. The lowest BCUT2D eigenvalue weighted by molar-refractivity contribution is 0.261. The molecule has 0 saturated carbocycles. The van der Waals surface area contributed by atoms with Crippen LogP contribution in [0.4, 0.5) is 0 Å². The van der Waals surface area contributed by atoms with Crippen LogP contribution in [0.15, 0.2) is 18.2 Å². The van der Waals surface area contributed by atoms with E-state index < -0.39 is 10.0 Å². The molecule has 0 amide bonds. The van der Waals surface area contributed by atoms with Gasteiger partial charge in [0.05, 0.1) is 20.0 Å². The van der Waals surface area contributed by atoms with Crippen LogP contribution in [0.5, 0.6) is 11.5 Å². The van der Waals surface area contributed by atoms with Crippen molar-refractivity contribution in [2.75, 3.05) is 26.5 Å². The summed E-state index contributed by atoms with van der Waals surface area (Å²) < 4.78 is 33.1. The Morgan fingerprint density at radius 2 is 2.00 bits per heavy atom. The van der Waals surface area contributed by atoms with E-state index in [0.29, 0.717) is 18.0 Å². The van der Waals surface area contributed by atoms with Crippen LogP contribution in [-0.4, -0.2) is 45.9 Å². The number of nitrogens with two attached hydrogens (primary N) is 1. The van der Waals surface area contributed by atoms with Crippen LogP contribution in [0.25, 0.3) is 0 Å². The fourth-order valence-electron chi connectivity index (χ4n) is 2.77. The van der Waals surface area contributed by atoms with Crippen LogP contribution < -0.4 is 14.6 Å². The number of hydrogen-bond acceptors (Lipinski definition) is 5. The topological polar surface area (TPSA) is 81.9 Å². The standard InChI is InChI=1S/C14H22N2O4S/c1-19-13-6-5-11(8-14(13)20-2)9-16-7-3-4-12(16)10-21(15,17)18/h5-6,8,12H,3-4,7,9-10H2,1-2H3,(H2,15,17,18). The van der Waals surface area contributed by atoms with Crippen molar-refractivity contribution >= 4 is 10.0 Å². The molecule has 0 radical (unpaired) electrons. The smallest absolute Gasteiger partial charge is 0.210 e. The monoisotopic (exact) mass is 314 g/mol. The highest BCUT2D eigenvalue weighted by Crippen LogP contribution is 2.29. The molecule has 2 N–H and O–H groups in total. The van der Waals surface area contributed by atoms with Crippen LogP contribution in [-0.2, 0) is 16.6 Å². The molecule has 1 fully saturated rings. The summed E-state index contributed by atoms with van der Waals surface area (Å²) in [5, 5.41) is 5.16. The van der Waals surface area contributed by atoms with Crippen molar-refractivity contribution in [1.82, 2.24) is 4.90 Å². The maximum Gasteiger partial charge on any atom is 0.210 e. The molecule has 1 aromatic carbocycles. The minimum Gasteiger partial charge on any atom is -0.493 e. The molecule has 1 saturated heterocycles. The quantitative estimate of drug-likeness (QED) is 0.845. The highest BCUT2D eigenvalue weighted by Gasteiger charge is 2.27. The number of hydrogen-bond donors (Lipinski definition) is 1. The van der Waals surface area contributed by atoms with Crippen molar-refractivity contribution in [3.8, 4) is 11.5 Å². The Balaban J connectivity index is 2.10. The Bertz CT molecular complexity index is 589. The third-order valence-electron chi connectivity index (χ3n) is 3.76. The van der Waals surface area contributed by atoms with Crippen molar-refractivity contribution in [3.05, 3.63) is 23.8 Å². The minimum absolute atomic E-state index is 0.00639. The van der Waals surface area contributed by atoms with Gasteiger partial charge in [0.1, 0.15) is 0 Å². The average Bonchev–Trinajstić information content (AvgIpc) is 2.83. The highest BCUT2D eigenvalue weighted by molar-refractivity contribution is 7.89. The molecule has 0 bridgehead atoms. The molecule has 0 spiro atoms. The van der Waals surface area contributed by atoms with Crippen LogP contribution in [0.1, 0.15) is 18.4 Å². The number of likely N-dealkylation sites (tertiary alicyclic amines) is 1. The van der Waals surface area contributed by atoms with Crippen molar-refractivity contribution in [1.29, 1.82) is 0 Å². The maximum absolute atomic E-state index is 11.3. The van der Waals surface area contributed by atoms with E-state index >= 15 is 0 Å². The number of rotatable bonds is 6. The molecular formula is C14H22N2O4S. The first kappa shape index (κ1) is 16.1. The maximum atomic E-state index is 11.3. The van der Waals surface area contributed by atoms with E-state index in [-0.39, 0.29) is 11.8 Å². The molecule has 0 aromatic heterocycles. The second-order valence-corrected chi connectivity index (χ2v) is 6.94. The summed E-state index contributed by atoms with van der Waals surface area (Å²) in [5.41, 5.74) is 1.06. The molecule has 0 aliphatic carbocycles. The lowest BCUT2D eigenvalue weighted by atomic mass is 10.1. The molecule has 1 aliphatic rings. The van der Waals surface area contributed by atoms with Crippen LogP contribution in [0, 0.1) is 0 Å². The van der Waals surface area contributed by atoms with Crippen LogP contribution >= 0.6 is 0 Å². The van der Waals surface area contributed by atoms with E-state index in [1.54, 1.807) is 14.2 Å². The largest absolute Gasteiger partial charge is 0.493 e. The van der Waals surface area contributed by atoms with Gasteiger partial charge in [0.25, 0.3) is 0 Å². The molecule has 1 aliphatic heterocycles. The Morgan fingerprint density at radius 3 is 2.62 bits per heavy atom. The zero-order chi connectivity index (χ0) is 15.5. The first-order valence-electron chi connectivity index (χ1n) is 6.88. The van der Waals surface area contributed by atoms with Gasteiger partial charge in [-0.2, -0.15) is 0 Å². The highest BCUT2D eigenvalue weighted by atomic mass is 32.2. The summed E-state index contributed by atoms with van der Waals surface area (Å²) in [5.74, 6) is 1.38. The fourth-order valence-corrected chi connectivity index (χ4v) is 3.69. The first-order chi connectivity index (χ1) is 9.93. The molecule has 1 heterocycles. The zero-order valence-electron chi connectivity index (χ0n) is 12.4. The molecule has 2 rings (SSSR count). The van der Waals surface area contributed by atoms with Gasteiger partial charge in [-0.1, -0.05) is 6.07 Å². The summed E-state index contributed by atoms with van der Waals surface area (Å²) in [6.07, 6.45) is 1.86. The predicted molar refractivity (Wildman–Crippen MR) is 81.0 cm³/mol. The summed E-state index contributed by atoms with van der Waals surface area (Å²) in [6, 6.07) is 5.74. The Hall–Kier alpha value is -1.31. The Morgan fingerprint density at radius 1 is 1.29 bits per heavy atom. The third-order valence-corrected chi connectivity index (χ3v) is 4.61. The summed E-state index contributed by atoms with van der Waals surface area (Å²) in [7, 11) is -0.247. The molecule has 118 valence electrons. The van der Waals surface area contributed by atoms with Gasteiger partial charge >= 0.3 is 0 Å². The first-order valence-corrected chi connectivity index (χ1v) is 8.60. The van der Waals surface area contributed by atoms with E-state index in [1.807, 2.05) is 18.2 Å². The minimum atomic E-state index is -3.44. The molecular weight excluding hydrogens is 292 g/mol. The van der Waals surface area contributed by atoms with Gasteiger partial charge < -0.3 is 9.47 Å². The van der Waals surface area contributed by atoms with E-state index in [9.17, 15) is 8.42 Å². The van der Waals surface area contributed by atoms with Gasteiger partial charge in [0.15, 0.2) is 11.5 Å². The molecule has 1 unspecified atom stereocenters.